The van der Waals surface area contributed by atoms with Gasteiger partial charge in [0.15, 0.2) is 0 Å². The topological polar surface area (TPSA) is 98.7 Å². The smallest absolute Gasteiger partial charge is 0.248 e. The number of aliphatic hydroxyl groups is 1. The predicted octanol–water partition coefficient (Wildman–Crippen LogP) is 3.44. The fourth-order valence-electron chi connectivity index (χ4n) is 5.86. The van der Waals surface area contributed by atoms with Crippen molar-refractivity contribution in [1.82, 2.24) is 10.2 Å². The van der Waals surface area contributed by atoms with Crippen LogP contribution in [0.1, 0.15) is 18.4 Å². The van der Waals surface area contributed by atoms with Crippen molar-refractivity contribution in [1.29, 1.82) is 0 Å². The third kappa shape index (κ3) is 4.44. The summed E-state index contributed by atoms with van der Waals surface area (Å²) in [5.41, 5.74) is 1.57. The summed E-state index contributed by atoms with van der Waals surface area (Å²) >= 11 is 11.3. The van der Waals surface area contributed by atoms with Gasteiger partial charge in [0.2, 0.25) is 17.7 Å². The number of carbonyl (C=O) groups is 3. The van der Waals surface area contributed by atoms with Gasteiger partial charge >= 0.3 is 0 Å². The quantitative estimate of drug-likeness (QED) is 0.408. The molecule has 3 unspecified atom stereocenters. The number of nitrogens with zero attached hydrogens (tertiary/aromatic N) is 1. The van der Waals surface area contributed by atoms with E-state index < -0.39 is 22.6 Å². The van der Waals surface area contributed by atoms with Gasteiger partial charge in [0, 0.05) is 40.5 Å². The standard InChI is InChI=1S/C26H27BrClN3O4S/c27-18-13-26-20(19(21(18)36-26)23(33)29-14-15-5-2-1-3-6-15)25(35)31(11-4-12-32)22(26)24(34)30-17-9-7-16(28)8-10-17/h1-3,5-10,18-22,32H,4,11-14H2,(H,29,33)(H,30,34)/t18?,19-,20-,21-,22?,26?/m0/s1. The maximum absolute atomic E-state index is 13.8. The minimum Gasteiger partial charge on any atom is -0.396 e. The second-order valence-electron chi connectivity index (χ2n) is 9.47. The summed E-state index contributed by atoms with van der Waals surface area (Å²) in [4.78, 5) is 42.6. The highest BCUT2D eigenvalue weighted by Crippen LogP contribution is 2.67. The minimum absolute atomic E-state index is 0.00245. The van der Waals surface area contributed by atoms with E-state index in [0.717, 1.165) is 5.56 Å². The van der Waals surface area contributed by atoms with Crippen molar-refractivity contribution in [3.05, 3.63) is 65.2 Å². The van der Waals surface area contributed by atoms with Crippen molar-refractivity contribution < 1.29 is 19.5 Å². The molecule has 3 N–H and O–H groups in total. The van der Waals surface area contributed by atoms with E-state index >= 15 is 0 Å². The van der Waals surface area contributed by atoms with Crippen LogP contribution in [0.4, 0.5) is 5.69 Å². The van der Waals surface area contributed by atoms with Gasteiger partial charge in [-0.1, -0.05) is 57.9 Å². The van der Waals surface area contributed by atoms with Crippen LogP contribution >= 0.6 is 39.3 Å². The summed E-state index contributed by atoms with van der Waals surface area (Å²) in [6.45, 7) is 0.538. The summed E-state index contributed by atoms with van der Waals surface area (Å²) in [6.07, 6.45) is 0.964. The monoisotopic (exact) mass is 591 g/mol. The third-order valence-corrected chi connectivity index (χ3v) is 10.8. The molecule has 2 aromatic carbocycles. The Labute approximate surface area is 227 Å². The number of nitrogens with one attached hydrogen (secondary N) is 2. The van der Waals surface area contributed by atoms with E-state index in [9.17, 15) is 19.5 Å². The van der Waals surface area contributed by atoms with E-state index in [2.05, 4.69) is 26.6 Å². The Morgan fingerprint density at radius 3 is 2.56 bits per heavy atom. The van der Waals surface area contributed by atoms with Gasteiger partial charge < -0.3 is 20.6 Å². The lowest BCUT2D eigenvalue weighted by molar-refractivity contribution is -0.139. The van der Waals surface area contributed by atoms with E-state index in [4.69, 9.17) is 11.6 Å². The number of anilines is 1. The van der Waals surface area contributed by atoms with Crippen LogP contribution in [-0.4, -0.2) is 61.7 Å². The first kappa shape index (κ1) is 25.6. The normalized spacial score (nSPS) is 30.4. The number of hydrogen-bond acceptors (Lipinski definition) is 5. The van der Waals surface area contributed by atoms with E-state index in [-0.39, 0.29) is 41.0 Å². The molecule has 2 bridgehead atoms. The zero-order valence-corrected chi connectivity index (χ0v) is 22.6. The van der Waals surface area contributed by atoms with Crippen LogP contribution in [0.5, 0.6) is 0 Å². The molecule has 1 spiro atoms. The zero-order valence-electron chi connectivity index (χ0n) is 19.4. The number of fused-ring (bicyclic) bond motifs is 1. The summed E-state index contributed by atoms with van der Waals surface area (Å²) in [5.74, 6) is -1.79. The number of amides is 3. The second kappa shape index (κ2) is 10.4. The second-order valence-corrected chi connectivity index (χ2v) is 12.6. The van der Waals surface area contributed by atoms with Crippen molar-refractivity contribution in [2.75, 3.05) is 18.5 Å². The predicted molar refractivity (Wildman–Crippen MR) is 144 cm³/mol. The maximum atomic E-state index is 13.8. The largest absolute Gasteiger partial charge is 0.396 e. The number of aliphatic hydroxyl groups excluding tert-OH is 1. The molecule has 3 fully saturated rings. The maximum Gasteiger partial charge on any atom is 0.248 e. The molecule has 6 atom stereocenters. The lowest BCUT2D eigenvalue weighted by atomic mass is 9.70. The molecule has 0 aromatic heterocycles. The Hall–Kier alpha value is -2.07. The van der Waals surface area contributed by atoms with Gasteiger partial charge in [0.05, 0.1) is 16.6 Å². The van der Waals surface area contributed by atoms with Crippen molar-refractivity contribution in [2.45, 2.75) is 40.3 Å². The highest BCUT2D eigenvalue weighted by molar-refractivity contribution is 9.09. The molecule has 3 aliphatic rings. The molecule has 3 amide bonds. The summed E-state index contributed by atoms with van der Waals surface area (Å²) in [6, 6.07) is 15.7. The fraction of sp³-hybridized carbons (Fsp3) is 0.423. The molecule has 7 nitrogen and oxygen atoms in total. The fourth-order valence-corrected chi connectivity index (χ4v) is 9.60. The van der Waals surface area contributed by atoms with Crippen molar-refractivity contribution in [2.24, 2.45) is 11.8 Å². The van der Waals surface area contributed by atoms with Crippen LogP contribution in [0.3, 0.4) is 0 Å². The molecule has 0 radical (unpaired) electrons. The number of thioether (sulfide) groups is 1. The van der Waals surface area contributed by atoms with Crippen molar-refractivity contribution in [3.63, 3.8) is 0 Å². The molecule has 3 aliphatic heterocycles. The van der Waals surface area contributed by atoms with E-state index in [0.29, 0.717) is 30.1 Å². The van der Waals surface area contributed by atoms with E-state index in [1.54, 1.807) is 40.9 Å². The molecule has 0 aliphatic carbocycles. The molecule has 2 aromatic rings. The van der Waals surface area contributed by atoms with E-state index in [1.165, 1.54) is 0 Å². The Morgan fingerprint density at radius 1 is 1.14 bits per heavy atom. The van der Waals surface area contributed by atoms with Crippen molar-refractivity contribution >= 4 is 62.7 Å². The van der Waals surface area contributed by atoms with Crippen molar-refractivity contribution in [3.8, 4) is 0 Å². The van der Waals surface area contributed by atoms with Gasteiger partial charge in [-0.15, -0.1) is 11.8 Å². The number of hydrogen-bond donors (Lipinski definition) is 3. The summed E-state index contributed by atoms with van der Waals surface area (Å²) in [7, 11) is 0. The molecule has 10 heteroatoms. The van der Waals surface area contributed by atoms with Gasteiger partial charge in [-0.2, -0.15) is 0 Å². The van der Waals surface area contributed by atoms with Crippen LogP contribution in [-0.2, 0) is 20.9 Å². The molecule has 5 rings (SSSR count). The number of likely N-dealkylation sites (tertiary alicyclic amines) is 1. The zero-order chi connectivity index (χ0) is 25.4. The Bertz CT molecular complexity index is 1150. The third-order valence-electron chi connectivity index (χ3n) is 7.32. The van der Waals surface area contributed by atoms with Crippen LogP contribution in [0.2, 0.25) is 5.02 Å². The first-order valence-electron chi connectivity index (χ1n) is 12.0. The Balaban J connectivity index is 1.43. The molecule has 36 heavy (non-hydrogen) atoms. The van der Waals surface area contributed by atoms with E-state index in [1.807, 2.05) is 30.3 Å². The lowest BCUT2D eigenvalue weighted by Crippen LogP contribution is -2.53. The minimum atomic E-state index is -0.751. The molecule has 190 valence electrons. The molecule has 3 heterocycles. The summed E-state index contributed by atoms with van der Waals surface area (Å²) in [5, 5.41) is 15.9. The number of carbonyl (C=O) groups excluding carboxylic acids is 3. The molecular formula is C26H27BrClN3O4S. The number of rotatable bonds is 8. The molecular weight excluding hydrogens is 566 g/mol. The Morgan fingerprint density at radius 2 is 1.86 bits per heavy atom. The molecule has 0 saturated carbocycles. The Kier molecular flexibility index (Phi) is 7.36. The SMILES string of the molecule is O=C(Nc1ccc(Cl)cc1)C1N(CCCO)C(=O)[C@@H]2[C@H](C(=O)NCc3ccccc3)[C@H]3SC12CC3Br. The number of benzene rings is 2. The van der Waals surface area contributed by atoms with Gasteiger partial charge in [0.25, 0.3) is 0 Å². The van der Waals surface area contributed by atoms with Gasteiger partial charge in [0.1, 0.15) is 6.04 Å². The number of alkyl halides is 1. The highest BCUT2D eigenvalue weighted by Gasteiger charge is 2.75. The van der Waals surface area contributed by atoms with Crippen LogP contribution < -0.4 is 10.6 Å². The van der Waals surface area contributed by atoms with Gasteiger partial charge in [-0.3, -0.25) is 14.4 Å². The van der Waals surface area contributed by atoms with Gasteiger partial charge in [-0.25, -0.2) is 0 Å². The summed E-state index contributed by atoms with van der Waals surface area (Å²) < 4.78 is -0.726. The average molecular weight is 593 g/mol. The highest BCUT2D eigenvalue weighted by atomic mass is 79.9. The van der Waals surface area contributed by atoms with Crippen LogP contribution in [0, 0.1) is 11.8 Å². The first-order valence-corrected chi connectivity index (χ1v) is 14.1. The average Bonchev–Trinajstić information content (AvgIpc) is 3.46. The lowest BCUT2D eigenvalue weighted by Gasteiger charge is -2.35. The molecule has 3 saturated heterocycles. The first-order chi connectivity index (χ1) is 17.4. The van der Waals surface area contributed by atoms with Crippen LogP contribution in [0.25, 0.3) is 0 Å². The number of halogens is 2. The van der Waals surface area contributed by atoms with Gasteiger partial charge in [-0.05, 0) is 42.7 Å². The van der Waals surface area contributed by atoms with Crippen LogP contribution in [0.15, 0.2) is 54.6 Å².